The molecule has 126 valence electrons. The van der Waals surface area contributed by atoms with Crippen LogP contribution in [-0.4, -0.2) is 32.2 Å². The zero-order valence-corrected chi connectivity index (χ0v) is 14.1. The molecule has 0 saturated heterocycles. The zero-order chi connectivity index (χ0) is 17.5. The minimum absolute atomic E-state index is 0.0811. The zero-order valence-electron chi connectivity index (χ0n) is 13.3. The second-order valence-electron chi connectivity index (χ2n) is 5.02. The number of non-ortho nitro benzene ring substituents is 1. The standard InChI is InChI=1S/C16H17ClN4O3/c1-20(9-10-24-2)13-5-3-12(4-6-13)18-19-16-8-7-14(21(22)23)11-15(16)17/h3-8,11H,9-10H2,1-2H3. The van der Waals surface area contributed by atoms with E-state index in [4.69, 9.17) is 16.3 Å². The number of anilines is 1. The fraction of sp³-hybridized carbons (Fsp3) is 0.250. The first-order chi connectivity index (χ1) is 11.5. The van der Waals surface area contributed by atoms with Gasteiger partial charge in [-0.3, -0.25) is 10.1 Å². The van der Waals surface area contributed by atoms with Crippen LogP contribution in [-0.2, 0) is 4.74 Å². The first kappa shape index (κ1) is 17.8. The highest BCUT2D eigenvalue weighted by Crippen LogP contribution is 2.30. The van der Waals surface area contributed by atoms with E-state index in [0.29, 0.717) is 18.0 Å². The highest BCUT2D eigenvalue weighted by Gasteiger charge is 2.09. The molecule has 0 bridgehead atoms. The van der Waals surface area contributed by atoms with Crippen molar-refractivity contribution in [1.82, 2.24) is 0 Å². The van der Waals surface area contributed by atoms with Gasteiger partial charge in [-0.15, -0.1) is 5.11 Å². The Labute approximate surface area is 144 Å². The Balaban J connectivity index is 2.08. The van der Waals surface area contributed by atoms with E-state index in [1.54, 1.807) is 7.11 Å². The average molecular weight is 349 g/mol. The summed E-state index contributed by atoms with van der Waals surface area (Å²) < 4.78 is 5.05. The van der Waals surface area contributed by atoms with Crippen LogP contribution in [0.4, 0.5) is 22.7 Å². The molecule has 0 unspecified atom stereocenters. The molecule has 0 fully saturated rings. The second-order valence-corrected chi connectivity index (χ2v) is 5.43. The van der Waals surface area contributed by atoms with Gasteiger partial charge < -0.3 is 9.64 Å². The van der Waals surface area contributed by atoms with Gasteiger partial charge in [0.25, 0.3) is 5.69 Å². The van der Waals surface area contributed by atoms with E-state index >= 15 is 0 Å². The van der Waals surface area contributed by atoms with Crippen molar-refractivity contribution >= 4 is 34.4 Å². The number of halogens is 1. The summed E-state index contributed by atoms with van der Waals surface area (Å²) >= 11 is 5.98. The highest BCUT2D eigenvalue weighted by atomic mass is 35.5. The van der Waals surface area contributed by atoms with E-state index in [1.165, 1.54) is 18.2 Å². The van der Waals surface area contributed by atoms with E-state index in [9.17, 15) is 10.1 Å². The molecule has 2 aromatic rings. The van der Waals surface area contributed by atoms with Gasteiger partial charge in [0, 0.05) is 38.5 Å². The summed E-state index contributed by atoms with van der Waals surface area (Å²) in [5.41, 5.74) is 2.00. The molecule has 0 atom stereocenters. The number of ether oxygens (including phenoxy) is 1. The molecule has 2 rings (SSSR count). The van der Waals surface area contributed by atoms with Crippen molar-refractivity contribution in [2.75, 3.05) is 32.2 Å². The third-order valence-electron chi connectivity index (χ3n) is 3.34. The lowest BCUT2D eigenvalue weighted by Gasteiger charge is -2.18. The predicted molar refractivity (Wildman–Crippen MR) is 93.9 cm³/mol. The lowest BCUT2D eigenvalue weighted by molar-refractivity contribution is -0.384. The van der Waals surface area contributed by atoms with Crippen molar-refractivity contribution in [3.63, 3.8) is 0 Å². The van der Waals surface area contributed by atoms with Crippen LogP contribution in [0.15, 0.2) is 52.7 Å². The minimum Gasteiger partial charge on any atom is -0.383 e. The first-order valence-electron chi connectivity index (χ1n) is 7.17. The van der Waals surface area contributed by atoms with Crippen molar-refractivity contribution in [2.45, 2.75) is 0 Å². The molecule has 0 aliphatic heterocycles. The molecule has 24 heavy (non-hydrogen) atoms. The van der Waals surface area contributed by atoms with Gasteiger partial charge in [0.15, 0.2) is 0 Å². The molecule has 0 spiro atoms. The summed E-state index contributed by atoms with van der Waals surface area (Å²) in [6.45, 7) is 1.44. The summed E-state index contributed by atoms with van der Waals surface area (Å²) in [5, 5.41) is 19.0. The summed E-state index contributed by atoms with van der Waals surface area (Å²) in [7, 11) is 3.65. The van der Waals surface area contributed by atoms with Crippen molar-refractivity contribution in [2.24, 2.45) is 10.2 Å². The molecule has 0 saturated carbocycles. The number of benzene rings is 2. The van der Waals surface area contributed by atoms with Crippen LogP contribution in [0.3, 0.4) is 0 Å². The first-order valence-corrected chi connectivity index (χ1v) is 7.55. The number of likely N-dealkylation sites (N-methyl/N-ethyl adjacent to an activating group) is 1. The number of methoxy groups -OCH3 is 1. The van der Waals surface area contributed by atoms with Gasteiger partial charge in [0.1, 0.15) is 5.69 Å². The normalized spacial score (nSPS) is 11.0. The number of hydrogen-bond acceptors (Lipinski definition) is 6. The van der Waals surface area contributed by atoms with Gasteiger partial charge in [-0.05, 0) is 30.3 Å². The Morgan fingerprint density at radius 2 is 1.92 bits per heavy atom. The third-order valence-corrected chi connectivity index (χ3v) is 3.64. The highest BCUT2D eigenvalue weighted by molar-refractivity contribution is 6.33. The summed E-state index contributed by atoms with van der Waals surface area (Å²) in [4.78, 5) is 12.2. The Morgan fingerprint density at radius 1 is 1.21 bits per heavy atom. The summed E-state index contributed by atoms with van der Waals surface area (Å²) in [6, 6.07) is 11.6. The van der Waals surface area contributed by atoms with Gasteiger partial charge in [-0.1, -0.05) is 11.6 Å². The van der Waals surface area contributed by atoms with E-state index in [0.717, 1.165) is 12.2 Å². The Kier molecular flexibility index (Phi) is 6.22. The van der Waals surface area contributed by atoms with Gasteiger partial charge in [-0.2, -0.15) is 5.11 Å². The molecule has 0 N–H and O–H groups in total. The molecule has 0 aliphatic rings. The molecule has 0 aliphatic carbocycles. The number of nitrogens with zero attached hydrogens (tertiary/aromatic N) is 4. The molecule has 0 amide bonds. The van der Waals surface area contributed by atoms with E-state index in [2.05, 4.69) is 15.1 Å². The lowest BCUT2D eigenvalue weighted by atomic mass is 10.2. The number of nitro groups is 1. The number of hydrogen-bond donors (Lipinski definition) is 0. The number of rotatable bonds is 7. The lowest BCUT2D eigenvalue weighted by Crippen LogP contribution is -2.21. The molecule has 7 nitrogen and oxygen atoms in total. The minimum atomic E-state index is -0.508. The van der Waals surface area contributed by atoms with Gasteiger partial charge in [-0.25, -0.2) is 0 Å². The maximum Gasteiger partial charge on any atom is 0.271 e. The number of nitro benzene ring substituents is 1. The molecular formula is C16H17ClN4O3. The van der Waals surface area contributed by atoms with Crippen molar-refractivity contribution in [3.05, 3.63) is 57.6 Å². The van der Waals surface area contributed by atoms with Gasteiger partial charge in [0.05, 0.1) is 22.2 Å². The Hall–Kier alpha value is -2.51. The topological polar surface area (TPSA) is 80.3 Å². The maximum atomic E-state index is 10.7. The van der Waals surface area contributed by atoms with Crippen molar-refractivity contribution < 1.29 is 9.66 Å². The molecule has 2 aromatic carbocycles. The second kappa shape index (κ2) is 8.37. The fourth-order valence-electron chi connectivity index (χ4n) is 1.93. The van der Waals surface area contributed by atoms with Crippen LogP contribution < -0.4 is 4.90 Å². The molecule has 0 radical (unpaired) electrons. The van der Waals surface area contributed by atoms with E-state index in [1.807, 2.05) is 31.3 Å². The average Bonchev–Trinajstić information content (AvgIpc) is 2.58. The quantitative estimate of drug-likeness (QED) is 0.411. The van der Waals surface area contributed by atoms with Crippen LogP contribution in [0.5, 0.6) is 0 Å². The van der Waals surface area contributed by atoms with Gasteiger partial charge in [0.2, 0.25) is 0 Å². The smallest absolute Gasteiger partial charge is 0.271 e. The summed E-state index contributed by atoms with van der Waals surface area (Å²) in [5.74, 6) is 0. The van der Waals surface area contributed by atoms with E-state index < -0.39 is 4.92 Å². The molecule has 8 heteroatoms. The molecule has 0 aromatic heterocycles. The SMILES string of the molecule is COCCN(C)c1ccc(N=Nc2ccc([N+](=O)[O-])cc2Cl)cc1. The fourth-order valence-corrected chi connectivity index (χ4v) is 2.15. The van der Waals surface area contributed by atoms with E-state index in [-0.39, 0.29) is 10.7 Å². The maximum absolute atomic E-state index is 10.7. The summed E-state index contributed by atoms with van der Waals surface area (Å²) in [6.07, 6.45) is 0. The van der Waals surface area contributed by atoms with Crippen LogP contribution in [0.1, 0.15) is 0 Å². The third kappa shape index (κ3) is 4.74. The van der Waals surface area contributed by atoms with Gasteiger partial charge >= 0.3 is 0 Å². The van der Waals surface area contributed by atoms with Crippen LogP contribution in [0, 0.1) is 10.1 Å². The Morgan fingerprint density at radius 3 is 2.50 bits per heavy atom. The van der Waals surface area contributed by atoms with Crippen LogP contribution in [0.2, 0.25) is 5.02 Å². The van der Waals surface area contributed by atoms with Crippen LogP contribution in [0.25, 0.3) is 0 Å². The molecule has 0 heterocycles. The largest absolute Gasteiger partial charge is 0.383 e. The number of azo groups is 1. The predicted octanol–water partition coefficient (Wildman–Crippen LogP) is 4.75. The Bertz CT molecular complexity index is 735. The van der Waals surface area contributed by atoms with Crippen molar-refractivity contribution in [3.8, 4) is 0 Å². The monoisotopic (exact) mass is 348 g/mol. The van der Waals surface area contributed by atoms with Crippen molar-refractivity contribution in [1.29, 1.82) is 0 Å². The van der Waals surface area contributed by atoms with Crippen LogP contribution >= 0.6 is 11.6 Å². The molecular weight excluding hydrogens is 332 g/mol.